The van der Waals surface area contributed by atoms with Gasteiger partial charge in [0.2, 0.25) is 0 Å². The zero-order valence-electron chi connectivity index (χ0n) is 28.6. The number of fused-ring (bicyclic) bond motifs is 19. The standard InChI is InChI=1S/C50H29N3/c1-2-13-30(14-3-1)47-51-48-34-17-12-16-31(27-34)35-18-6-7-19-36(35)33-25-26-43-40(28-33)45-44(29-32-15-4-5-20-37(32)46(45)49(52-47)53-48)50(43)41-23-10-8-21-38(41)39-22-9-11-24-42(39)50/h1-29H. The highest BCUT2D eigenvalue weighted by atomic mass is 15.0. The number of benzene rings is 8. The van der Waals surface area contributed by atoms with Crippen LogP contribution in [0.4, 0.5) is 0 Å². The van der Waals surface area contributed by atoms with Crippen LogP contribution in [-0.2, 0) is 5.41 Å². The highest BCUT2D eigenvalue weighted by Crippen LogP contribution is 2.65. The molecule has 1 spiro atoms. The summed E-state index contributed by atoms with van der Waals surface area (Å²) in [5.41, 5.74) is 17.3. The van der Waals surface area contributed by atoms with Crippen LogP contribution in [-0.4, -0.2) is 15.0 Å². The van der Waals surface area contributed by atoms with Gasteiger partial charge in [0.25, 0.3) is 0 Å². The van der Waals surface area contributed by atoms with Crippen molar-refractivity contribution in [2.75, 3.05) is 0 Å². The van der Waals surface area contributed by atoms with Gasteiger partial charge in [-0.25, -0.2) is 15.0 Å². The second-order valence-corrected chi connectivity index (χ2v) is 14.3. The van der Waals surface area contributed by atoms with E-state index in [1.807, 2.05) is 18.2 Å². The zero-order valence-corrected chi connectivity index (χ0v) is 28.6. The molecular formula is C50H29N3. The van der Waals surface area contributed by atoms with E-state index in [0.717, 1.165) is 33.0 Å². The summed E-state index contributed by atoms with van der Waals surface area (Å²) in [6.45, 7) is 0. The Balaban J connectivity index is 1.32. The minimum Gasteiger partial charge on any atom is -0.208 e. The Bertz CT molecular complexity index is 2970. The molecule has 0 atom stereocenters. The fourth-order valence-electron chi connectivity index (χ4n) is 9.51. The monoisotopic (exact) mass is 671 g/mol. The molecular weight excluding hydrogens is 643 g/mol. The molecule has 1 aromatic heterocycles. The molecule has 0 unspecified atom stereocenters. The lowest BCUT2D eigenvalue weighted by Crippen LogP contribution is -2.25. The van der Waals surface area contributed by atoms with Crippen molar-refractivity contribution in [2.24, 2.45) is 0 Å². The molecule has 8 aromatic carbocycles. The number of aromatic nitrogens is 3. The first-order valence-electron chi connectivity index (χ1n) is 18.2. The number of hydrogen-bond donors (Lipinski definition) is 0. The molecule has 0 saturated heterocycles. The molecule has 2 heterocycles. The van der Waals surface area contributed by atoms with Crippen molar-refractivity contribution in [1.29, 1.82) is 0 Å². The van der Waals surface area contributed by atoms with Gasteiger partial charge in [0.05, 0.1) is 5.41 Å². The first kappa shape index (κ1) is 28.7. The number of hydrogen-bond acceptors (Lipinski definition) is 3. The topological polar surface area (TPSA) is 38.7 Å². The van der Waals surface area contributed by atoms with Gasteiger partial charge >= 0.3 is 0 Å². The first-order chi connectivity index (χ1) is 26.3. The molecule has 2 aliphatic carbocycles. The molecule has 0 saturated carbocycles. The van der Waals surface area contributed by atoms with Crippen LogP contribution < -0.4 is 0 Å². The SMILES string of the molecule is c1ccc(-c2nc3nc(n2)-c2c4c(cc5ccccc25)C2(c5ccccc5-c5ccccc52)c2ccc(cc2-4)-c2ccccc2-c2cccc-3c2)cc1. The van der Waals surface area contributed by atoms with Crippen molar-refractivity contribution >= 4 is 10.8 Å². The molecule has 244 valence electrons. The van der Waals surface area contributed by atoms with Crippen molar-refractivity contribution < 1.29 is 0 Å². The zero-order chi connectivity index (χ0) is 34.7. The third-order valence-electron chi connectivity index (χ3n) is 11.7. The summed E-state index contributed by atoms with van der Waals surface area (Å²) >= 11 is 0. The lowest BCUT2D eigenvalue weighted by atomic mass is 9.70. The largest absolute Gasteiger partial charge is 0.208 e. The van der Waals surface area contributed by atoms with E-state index in [-0.39, 0.29) is 0 Å². The first-order valence-corrected chi connectivity index (χ1v) is 18.2. The maximum absolute atomic E-state index is 5.43. The van der Waals surface area contributed by atoms with Crippen LogP contribution in [0.15, 0.2) is 176 Å². The molecule has 0 radical (unpaired) electrons. The van der Waals surface area contributed by atoms with Crippen LogP contribution in [0.2, 0.25) is 0 Å². The number of rotatable bonds is 1. The molecule has 3 aliphatic rings. The minimum absolute atomic E-state index is 0.520. The predicted molar refractivity (Wildman–Crippen MR) is 214 cm³/mol. The van der Waals surface area contributed by atoms with E-state index < -0.39 is 5.41 Å². The van der Waals surface area contributed by atoms with Gasteiger partial charge < -0.3 is 0 Å². The highest BCUT2D eigenvalue weighted by molar-refractivity contribution is 6.10. The van der Waals surface area contributed by atoms with Gasteiger partial charge in [0.1, 0.15) is 0 Å². The summed E-state index contributed by atoms with van der Waals surface area (Å²) in [4.78, 5) is 16.0. The molecule has 0 N–H and O–H groups in total. The van der Waals surface area contributed by atoms with Gasteiger partial charge in [-0.2, -0.15) is 0 Å². The molecule has 53 heavy (non-hydrogen) atoms. The van der Waals surface area contributed by atoms with Crippen LogP contribution in [0.5, 0.6) is 0 Å². The van der Waals surface area contributed by atoms with Crippen molar-refractivity contribution in [3.8, 4) is 78.7 Å². The van der Waals surface area contributed by atoms with Crippen LogP contribution >= 0.6 is 0 Å². The smallest absolute Gasteiger partial charge is 0.165 e. The summed E-state index contributed by atoms with van der Waals surface area (Å²) in [6, 6.07) is 64.1. The summed E-state index contributed by atoms with van der Waals surface area (Å²) in [5.74, 6) is 1.99. The summed E-state index contributed by atoms with van der Waals surface area (Å²) < 4.78 is 0. The average Bonchev–Trinajstić information content (AvgIpc) is 3.69. The predicted octanol–water partition coefficient (Wildman–Crippen LogP) is 12.0. The second kappa shape index (κ2) is 10.5. The molecule has 3 nitrogen and oxygen atoms in total. The molecule has 3 heteroatoms. The van der Waals surface area contributed by atoms with Gasteiger partial charge in [-0.05, 0) is 95.7 Å². The van der Waals surface area contributed by atoms with Crippen molar-refractivity contribution in [2.45, 2.75) is 5.41 Å². The number of nitrogens with zero attached hydrogens (tertiary/aromatic N) is 3. The third kappa shape index (κ3) is 3.80. The Labute approximate surface area is 307 Å². The second-order valence-electron chi connectivity index (χ2n) is 14.3. The van der Waals surface area contributed by atoms with E-state index in [2.05, 4.69) is 158 Å². The summed E-state index contributed by atoms with van der Waals surface area (Å²) in [7, 11) is 0. The Kier molecular flexibility index (Phi) is 5.70. The van der Waals surface area contributed by atoms with Crippen molar-refractivity contribution in [3.05, 3.63) is 198 Å². The maximum Gasteiger partial charge on any atom is 0.165 e. The van der Waals surface area contributed by atoms with E-state index in [1.54, 1.807) is 0 Å². The van der Waals surface area contributed by atoms with Gasteiger partial charge in [0, 0.05) is 16.7 Å². The lowest BCUT2D eigenvalue weighted by Gasteiger charge is -2.31. The van der Waals surface area contributed by atoms with Crippen LogP contribution in [0, 0.1) is 0 Å². The molecule has 12 rings (SSSR count). The average molecular weight is 672 g/mol. The van der Waals surface area contributed by atoms with Crippen LogP contribution in [0.25, 0.3) is 89.4 Å². The Morgan fingerprint density at radius 1 is 0.302 bits per heavy atom. The fraction of sp³-hybridized carbons (Fsp3) is 0.0200. The van der Waals surface area contributed by atoms with Gasteiger partial charge in [-0.1, -0.05) is 158 Å². The quantitative estimate of drug-likeness (QED) is 0.174. The van der Waals surface area contributed by atoms with Crippen LogP contribution in [0.1, 0.15) is 22.3 Å². The summed E-state index contributed by atoms with van der Waals surface area (Å²) in [5, 5.41) is 2.29. The minimum atomic E-state index is -0.520. The molecule has 0 amide bonds. The van der Waals surface area contributed by atoms with Gasteiger partial charge in [-0.3, -0.25) is 0 Å². The lowest BCUT2D eigenvalue weighted by molar-refractivity contribution is 0.795. The Morgan fingerprint density at radius 3 is 1.60 bits per heavy atom. The van der Waals surface area contributed by atoms with Crippen LogP contribution in [0.3, 0.4) is 0 Å². The summed E-state index contributed by atoms with van der Waals surface area (Å²) in [6.07, 6.45) is 0. The third-order valence-corrected chi connectivity index (χ3v) is 11.7. The van der Waals surface area contributed by atoms with E-state index in [4.69, 9.17) is 15.0 Å². The molecule has 6 bridgehead atoms. The fourth-order valence-corrected chi connectivity index (χ4v) is 9.51. The van der Waals surface area contributed by atoms with E-state index in [0.29, 0.717) is 17.5 Å². The van der Waals surface area contributed by atoms with Gasteiger partial charge in [0.15, 0.2) is 17.5 Å². The Morgan fingerprint density at radius 2 is 0.849 bits per heavy atom. The normalized spacial score (nSPS) is 13.4. The van der Waals surface area contributed by atoms with E-state index in [9.17, 15) is 0 Å². The maximum atomic E-state index is 5.43. The molecule has 1 aliphatic heterocycles. The van der Waals surface area contributed by atoms with Gasteiger partial charge in [-0.15, -0.1) is 0 Å². The van der Waals surface area contributed by atoms with Crippen molar-refractivity contribution in [3.63, 3.8) is 0 Å². The van der Waals surface area contributed by atoms with E-state index in [1.165, 1.54) is 61.2 Å². The van der Waals surface area contributed by atoms with Crippen molar-refractivity contribution in [1.82, 2.24) is 15.0 Å². The Hall–Kier alpha value is -6.97. The molecule has 0 fully saturated rings. The van der Waals surface area contributed by atoms with E-state index >= 15 is 0 Å². The highest BCUT2D eigenvalue weighted by Gasteiger charge is 2.52. The molecule has 9 aromatic rings.